The summed E-state index contributed by atoms with van der Waals surface area (Å²) in [7, 11) is 0. The van der Waals surface area contributed by atoms with Crippen LogP contribution in [0.2, 0.25) is 0 Å². The Balaban J connectivity index is 1.90. The third-order valence-electron chi connectivity index (χ3n) is 5.19. The van der Waals surface area contributed by atoms with Gasteiger partial charge in [0, 0.05) is 22.8 Å². The Morgan fingerprint density at radius 1 is 1.13 bits per heavy atom. The molecule has 0 aliphatic heterocycles. The maximum absolute atomic E-state index is 12.8. The summed E-state index contributed by atoms with van der Waals surface area (Å²) >= 11 is 0. The number of nitrogens with one attached hydrogen (secondary N) is 1. The largest absolute Gasteiger partial charge is 0.494 e. The topological polar surface area (TPSA) is 67.0 Å². The molecule has 3 aromatic rings. The molecule has 31 heavy (non-hydrogen) atoms. The number of carbonyl (C=O) groups excluding carboxylic acids is 1. The summed E-state index contributed by atoms with van der Waals surface area (Å²) in [4.78, 5) is 12.8. The van der Waals surface area contributed by atoms with E-state index in [4.69, 9.17) is 4.74 Å². The molecule has 2 aromatic carbocycles. The molecule has 5 nitrogen and oxygen atoms in total. The first-order valence-corrected chi connectivity index (χ1v) is 10.4. The molecule has 0 atom stereocenters. The van der Waals surface area contributed by atoms with Gasteiger partial charge < -0.3 is 14.6 Å². The molecule has 158 valence electrons. The maximum Gasteiger partial charge on any atom is 0.266 e. The van der Waals surface area contributed by atoms with Gasteiger partial charge in [-0.25, -0.2) is 0 Å². The van der Waals surface area contributed by atoms with Crippen LogP contribution in [-0.2, 0) is 11.2 Å². The molecule has 0 spiro atoms. The van der Waals surface area contributed by atoms with E-state index in [2.05, 4.69) is 9.88 Å². The van der Waals surface area contributed by atoms with E-state index in [0.717, 1.165) is 46.1 Å². The Morgan fingerprint density at radius 2 is 1.84 bits per heavy atom. The van der Waals surface area contributed by atoms with Crippen LogP contribution < -0.4 is 10.1 Å². The number of para-hydroxylation sites is 1. The predicted molar refractivity (Wildman–Crippen MR) is 124 cm³/mol. The molecule has 0 unspecified atom stereocenters. The highest BCUT2D eigenvalue weighted by Crippen LogP contribution is 2.25. The van der Waals surface area contributed by atoms with Crippen molar-refractivity contribution in [3.63, 3.8) is 0 Å². The lowest BCUT2D eigenvalue weighted by atomic mass is 10.1. The molecule has 0 bridgehead atoms. The zero-order chi connectivity index (χ0) is 22.4. The highest BCUT2D eigenvalue weighted by molar-refractivity contribution is 6.10. The van der Waals surface area contributed by atoms with Crippen molar-refractivity contribution in [2.24, 2.45) is 0 Å². The first kappa shape index (κ1) is 21.9. The normalized spacial score (nSPS) is 11.1. The van der Waals surface area contributed by atoms with Crippen LogP contribution in [0.1, 0.15) is 36.4 Å². The number of nitriles is 1. The van der Waals surface area contributed by atoms with E-state index in [1.54, 1.807) is 6.08 Å². The molecular formula is C26H27N3O2. The Kier molecular flexibility index (Phi) is 6.94. The SMILES string of the molecule is CCOc1ccc(-n2c(C)cc(/C=C(/C#N)C(=O)Nc3ccccc3CC)c2C)cc1. The average Bonchev–Trinajstić information content (AvgIpc) is 3.06. The van der Waals surface area contributed by atoms with Gasteiger partial charge in [0.05, 0.1) is 6.61 Å². The number of aromatic nitrogens is 1. The number of benzene rings is 2. The van der Waals surface area contributed by atoms with Gasteiger partial charge in [-0.15, -0.1) is 0 Å². The van der Waals surface area contributed by atoms with E-state index in [1.165, 1.54) is 0 Å². The first-order chi connectivity index (χ1) is 15.0. The summed E-state index contributed by atoms with van der Waals surface area (Å²) in [6.07, 6.45) is 2.45. The van der Waals surface area contributed by atoms with Crippen molar-refractivity contribution in [2.45, 2.75) is 34.1 Å². The summed E-state index contributed by atoms with van der Waals surface area (Å²) < 4.78 is 7.62. The van der Waals surface area contributed by atoms with E-state index < -0.39 is 5.91 Å². The van der Waals surface area contributed by atoms with Crippen molar-refractivity contribution in [1.82, 2.24) is 4.57 Å². The number of anilines is 1. The lowest BCUT2D eigenvalue weighted by Crippen LogP contribution is -2.14. The standard InChI is InChI=1S/C26H27N3O2/c1-5-20-9-7-8-10-25(20)28-26(30)22(17-27)16-21-15-18(3)29(19(21)4)23-11-13-24(14-12-23)31-6-2/h7-16H,5-6H2,1-4H3,(H,28,30)/b22-16-. The molecule has 0 saturated carbocycles. The zero-order valence-corrected chi connectivity index (χ0v) is 18.4. The van der Waals surface area contributed by atoms with Gasteiger partial charge >= 0.3 is 0 Å². The summed E-state index contributed by atoms with van der Waals surface area (Å²) in [6.45, 7) is 8.59. The van der Waals surface area contributed by atoms with Crippen LogP contribution in [0, 0.1) is 25.2 Å². The molecule has 0 aliphatic carbocycles. The lowest BCUT2D eigenvalue weighted by Gasteiger charge is -2.11. The Morgan fingerprint density at radius 3 is 2.48 bits per heavy atom. The van der Waals surface area contributed by atoms with Crippen LogP contribution in [0.3, 0.4) is 0 Å². The minimum absolute atomic E-state index is 0.0675. The molecule has 0 fully saturated rings. The van der Waals surface area contributed by atoms with Crippen molar-refractivity contribution >= 4 is 17.7 Å². The van der Waals surface area contributed by atoms with Crippen LogP contribution in [0.4, 0.5) is 5.69 Å². The van der Waals surface area contributed by atoms with Crippen LogP contribution in [0.15, 0.2) is 60.2 Å². The van der Waals surface area contributed by atoms with E-state index in [-0.39, 0.29) is 5.57 Å². The number of nitrogens with zero attached hydrogens (tertiary/aromatic N) is 2. The van der Waals surface area contributed by atoms with E-state index in [9.17, 15) is 10.1 Å². The summed E-state index contributed by atoms with van der Waals surface area (Å²) in [5.41, 5.74) is 5.63. The van der Waals surface area contributed by atoms with Gasteiger partial charge in [0.25, 0.3) is 5.91 Å². The molecule has 3 rings (SSSR count). The minimum atomic E-state index is -0.408. The van der Waals surface area contributed by atoms with Crippen LogP contribution in [0.25, 0.3) is 11.8 Å². The number of aryl methyl sites for hydroxylation is 2. The number of rotatable bonds is 7. The summed E-state index contributed by atoms with van der Waals surface area (Å²) in [6, 6.07) is 19.5. The Bertz CT molecular complexity index is 1150. The maximum atomic E-state index is 12.8. The first-order valence-electron chi connectivity index (χ1n) is 10.4. The second-order valence-electron chi connectivity index (χ2n) is 7.22. The highest BCUT2D eigenvalue weighted by atomic mass is 16.5. The molecule has 5 heteroatoms. The number of hydrogen-bond donors (Lipinski definition) is 1. The fourth-order valence-electron chi connectivity index (χ4n) is 3.63. The second-order valence-corrected chi connectivity index (χ2v) is 7.22. The molecule has 0 radical (unpaired) electrons. The fraction of sp³-hybridized carbons (Fsp3) is 0.231. The number of amides is 1. The molecule has 0 saturated heterocycles. The second kappa shape index (κ2) is 9.82. The molecule has 1 heterocycles. The Labute approximate surface area is 183 Å². The van der Waals surface area contributed by atoms with Crippen LogP contribution in [-0.4, -0.2) is 17.1 Å². The van der Waals surface area contributed by atoms with Crippen molar-refractivity contribution in [3.05, 3.63) is 82.7 Å². The number of ether oxygens (including phenoxy) is 1. The van der Waals surface area contributed by atoms with E-state index in [0.29, 0.717) is 6.61 Å². The summed E-state index contributed by atoms with van der Waals surface area (Å²) in [5, 5.41) is 12.5. The lowest BCUT2D eigenvalue weighted by molar-refractivity contribution is -0.112. The van der Waals surface area contributed by atoms with Crippen LogP contribution in [0.5, 0.6) is 5.75 Å². The van der Waals surface area contributed by atoms with Crippen molar-refractivity contribution in [1.29, 1.82) is 5.26 Å². The van der Waals surface area contributed by atoms with Gasteiger partial charge in [0.1, 0.15) is 17.4 Å². The quantitative estimate of drug-likeness (QED) is 0.405. The van der Waals surface area contributed by atoms with Crippen molar-refractivity contribution < 1.29 is 9.53 Å². The zero-order valence-electron chi connectivity index (χ0n) is 18.4. The summed E-state index contributed by atoms with van der Waals surface area (Å²) in [5.74, 6) is 0.416. The van der Waals surface area contributed by atoms with Crippen molar-refractivity contribution in [3.8, 4) is 17.5 Å². The fourth-order valence-corrected chi connectivity index (χ4v) is 3.63. The number of hydrogen-bond acceptors (Lipinski definition) is 3. The number of carbonyl (C=O) groups is 1. The van der Waals surface area contributed by atoms with Gasteiger partial charge in [-0.05, 0) is 80.8 Å². The molecule has 1 aromatic heterocycles. The smallest absolute Gasteiger partial charge is 0.266 e. The third kappa shape index (κ3) is 4.87. The van der Waals surface area contributed by atoms with E-state index in [1.807, 2.05) is 88.4 Å². The van der Waals surface area contributed by atoms with E-state index >= 15 is 0 Å². The Hall–Kier alpha value is -3.78. The van der Waals surface area contributed by atoms with Gasteiger partial charge in [-0.1, -0.05) is 25.1 Å². The van der Waals surface area contributed by atoms with Gasteiger partial charge in [-0.2, -0.15) is 5.26 Å². The molecule has 1 N–H and O–H groups in total. The average molecular weight is 414 g/mol. The van der Waals surface area contributed by atoms with Crippen molar-refractivity contribution in [2.75, 3.05) is 11.9 Å². The third-order valence-corrected chi connectivity index (χ3v) is 5.19. The highest BCUT2D eigenvalue weighted by Gasteiger charge is 2.15. The monoisotopic (exact) mass is 413 g/mol. The molecule has 1 amide bonds. The van der Waals surface area contributed by atoms with Gasteiger partial charge in [-0.3, -0.25) is 4.79 Å². The predicted octanol–water partition coefficient (Wildman–Crippen LogP) is 5.60. The molecular weight excluding hydrogens is 386 g/mol. The van der Waals surface area contributed by atoms with Crippen LogP contribution >= 0.6 is 0 Å². The minimum Gasteiger partial charge on any atom is -0.494 e. The van der Waals surface area contributed by atoms with Gasteiger partial charge in [0.2, 0.25) is 0 Å². The molecule has 0 aliphatic rings. The van der Waals surface area contributed by atoms with Gasteiger partial charge in [0.15, 0.2) is 0 Å².